The molecule has 0 aliphatic rings. The van der Waals surface area contributed by atoms with E-state index in [0.29, 0.717) is 28.7 Å². The first kappa shape index (κ1) is 12.7. The van der Waals surface area contributed by atoms with Crippen LogP contribution in [0.15, 0.2) is 12.1 Å². The van der Waals surface area contributed by atoms with Crippen molar-refractivity contribution in [1.82, 2.24) is 0 Å². The number of benzene rings is 1. The molecular weight excluding hydrogens is 228 g/mol. The number of halogens is 1. The van der Waals surface area contributed by atoms with Crippen LogP contribution in [-0.2, 0) is 6.61 Å². The Morgan fingerprint density at radius 1 is 1.44 bits per heavy atom. The van der Waals surface area contributed by atoms with Crippen LogP contribution in [0.2, 0.25) is 5.02 Å². The minimum Gasteiger partial charge on any atom is -0.490 e. The molecule has 0 saturated carbocycles. The summed E-state index contributed by atoms with van der Waals surface area (Å²) in [4.78, 5) is 0. The summed E-state index contributed by atoms with van der Waals surface area (Å²) < 4.78 is 10.7. The van der Waals surface area contributed by atoms with E-state index in [4.69, 9.17) is 32.6 Å². The highest BCUT2D eigenvalue weighted by Gasteiger charge is 2.11. The molecule has 1 aromatic carbocycles. The fraction of sp³-hybridized carbons (Fsp3) is 0.333. The maximum atomic E-state index is 9.03. The van der Waals surface area contributed by atoms with E-state index in [9.17, 15) is 0 Å². The van der Waals surface area contributed by atoms with E-state index in [1.165, 1.54) is 0 Å². The van der Waals surface area contributed by atoms with Gasteiger partial charge in [-0.05, 0) is 24.6 Å². The van der Waals surface area contributed by atoms with Gasteiger partial charge in [0.1, 0.15) is 6.61 Å². The molecule has 86 valence electrons. The van der Waals surface area contributed by atoms with Crippen molar-refractivity contribution in [2.24, 2.45) is 0 Å². The van der Waals surface area contributed by atoms with Crippen LogP contribution in [0.4, 0.5) is 0 Å². The molecule has 0 saturated heterocycles. The normalized spacial score (nSPS) is 9.62. The van der Waals surface area contributed by atoms with Crippen molar-refractivity contribution in [3.63, 3.8) is 0 Å². The Kier molecular flexibility index (Phi) is 4.97. The highest BCUT2D eigenvalue weighted by atomic mass is 35.5. The summed E-state index contributed by atoms with van der Waals surface area (Å²) in [6.07, 6.45) is 5.11. The van der Waals surface area contributed by atoms with Crippen molar-refractivity contribution in [2.45, 2.75) is 13.5 Å². The van der Waals surface area contributed by atoms with Crippen molar-refractivity contribution in [1.29, 1.82) is 0 Å². The van der Waals surface area contributed by atoms with Crippen LogP contribution in [0.25, 0.3) is 0 Å². The molecule has 3 nitrogen and oxygen atoms in total. The molecule has 0 unspecified atom stereocenters. The largest absolute Gasteiger partial charge is 0.490 e. The smallest absolute Gasteiger partial charge is 0.181 e. The number of hydrogen-bond donors (Lipinski definition) is 1. The molecule has 1 rings (SSSR count). The van der Waals surface area contributed by atoms with Crippen LogP contribution in [0.3, 0.4) is 0 Å². The lowest BCUT2D eigenvalue weighted by Crippen LogP contribution is -2.01. The zero-order chi connectivity index (χ0) is 12.0. The van der Waals surface area contributed by atoms with Gasteiger partial charge in [-0.3, -0.25) is 0 Å². The van der Waals surface area contributed by atoms with Crippen molar-refractivity contribution >= 4 is 11.6 Å². The SMILES string of the molecule is C#CCOc1c(Cl)cc(CO)cc1OCC. The van der Waals surface area contributed by atoms with Crippen LogP contribution in [0.5, 0.6) is 11.5 Å². The van der Waals surface area contributed by atoms with Gasteiger partial charge in [0.05, 0.1) is 18.2 Å². The average Bonchev–Trinajstić information content (AvgIpc) is 2.28. The molecule has 0 heterocycles. The van der Waals surface area contributed by atoms with Crippen molar-refractivity contribution in [2.75, 3.05) is 13.2 Å². The maximum absolute atomic E-state index is 9.03. The van der Waals surface area contributed by atoms with Gasteiger partial charge in [0.25, 0.3) is 0 Å². The van der Waals surface area contributed by atoms with Gasteiger partial charge in [-0.1, -0.05) is 17.5 Å². The Hall–Kier alpha value is -1.37. The molecule has 0 aliphatic carbocycles. The topological polar surface area (TPSA) is 38.7 Å². The minimum absolute atomic E-state index is 0.102. The first-order valence-corrected chi connectivity index (χ1v) is 5.23. The standard InChI is InChI=1S/C12H13ClO3/c1-3-5-16-12-10(13)6-9(8-14)7-11(12)15-4-2/h1,6-7,14H,4-5,8H2,2H3. The van der Waals surface area contributed by atoms with Gasteiger partial charge in [0, 0.05) is 0 Å². The van der Waals surface area contributed by atoms with Crippen molar-refractivity contribution in [3.05, 3.63) is 22.7 Å². The summed E-state index contributed by atoms with van der Waals surface area (Å²) in [5.74, 6) is 3.27. The fourth-order valence-electron chi connectivity index (χ4n) is 1.23. The van der Waals surface area contributed by atoms with E-state index >= 15 is 0 Å². The van der Waals surface area contributed by atoms with Gasteiger partial charge >= 0.3 is 0 Å². The predicted octanol–water partition coefficient (Wildman–Crippen LogP) is 2.24. The molecule has 0 bridgehead atoms. The van der Waals surface area contributed by atoms with E-state index in [1.807, 2.05) is 6.92 Å². The first-order valence-electron chi connectivity index (χ1n) is 4.85. The van der Waals surface area contributed by atoms with Crippen LogP contribution < -0.4 is 9.47 Å². The van der Waals surface area contributed by atoms with Gasteiger partial charge in [-0.25, -0.2) is 0 Å². The van der Waals surface area contributed by atoms with E-state index in [-0.39, 0.29) is 13.2 Å². The van der Waals surface area contributed by atoms with Gasteiger partial charge in [0.2, 0.25) is 0 Å². The molecule has 0 amide bonds. The quantitative estimate of drug-likeness (QED) is 0.803. The van der Waals surface area contributed by atoms with E-state index in [1.54, 1.807) is 12.1 Å². The lowest BCUT2D eigenvalue weighted by Gasteiger charge is -2.13. The Morgan fingerprint density at radius 2 is 2.19 bits per heavy atom. The highest BCUT2D eigenvalue weighted by Crippen LogP contribution is 2.36. The molecule has 16 heavy (non-hydrogen) atoms. The summed E-state index contributed by atoms with van der Waals surface area (Å²) in [6.45, 7) is 2.36. The summed E-state index contributed by atoms with van der Waals surface area (Å²) in [5, 5.41) is 9.41. The number of ether oxygens (including phenoxy) is 2. The number of terminal acetylenes is 1. The lowest BCUT2D eigenvalue weighted by atomic mass is 10.2. The van der Waals surface area contributed by atoms with Crippen molar-refractivity contribution in [3.8, 4) is 23.8 Å². The maximum Gasteiger partial charge on any atom is 0.181 e. The molecule has 4 heteroatoms. The van der Waals surface area contributed by atoms with Gasteiger partial charge in [-0.15, -0.1) is 6.42 Å². The average molecular weight is 241 g/mol. The van der Waals surface area contributed by atoms with E-state index < -0.39 is 0 Å². The van der Waals surface area contributed by atoms with E-state index in [2.05, 4.69) is 5.92 Å². The minimum atomic E-state index is -0.102. The molecule has 0 fully saturated rings. The predicted molar refractivity (Wildman–Crippen MR) is 62.9 cm³/mol. The third-order valence-corrected chi connectivity index (χ3v) is 2.13. The number of hydrogen-bond acceptors (Lipinski definition) is 3. The third kappa shape index (κ3) is 3.06. The molecule has 0 atom stereocenters. The van der Waals surface area contributed by atoms with Gasteiger partial charge < -0.3 is 14.6 Å². The zero-order valence-electron chi connectivity index (χ0n) is 9.00. The summed E-state index contributed by atoms with van der Waals surface area (Å²) in [5.41, 5.74) is 0.668. The van der Waals surface area contributed by atoms with Crippen molar-refractivity contribution < 1.29 is 14.6 Å². The molecule has 0 spiro atoms. The summed E-state index contributed by atoms with van der Waals surface area (Å²) >= 11 is 6.00. The number of aliphatic hydroxyl groups excluding tert-OH is 1. The van der Waals surface area contributed by atoms with Crippen LogP contribution >= 0.6 is 11.6 Å². The Morgan fingerprint density at radius 3 is 2.75 bits per heavy atom. The van der Waals surface area contributed by atoms with Gasteiger partial charge in [-0.2, -0.15) is 0 Å². The Balaban J connectivity index is 3.07. The summed E-state index contributed by atoms with van der Waals surface area (Å²) in [6, 6.07) is 3.30. The monoisotopic (exact) mass is 240 g/mol. The molecule has 0 aliphatic heterocycles. The fourth-order valence-corrected chi connectivity index (χ4v) is 1.52. The van der Waals surface area contributed by atoms with Crippen LogP contribution in [0.1, 0.15) is 12.5 Å². The molecule has 1 aromatic rings. The van der Waals surface area contributed by atoms with Crippen LogP contribution in [0, 0.1) is 12.3 Å². The first-order chi connectivity index (χ1) is 7.72. The second-order valence-corrected chi connectivity index (χ2v) is 3.40. The van der Waals surface area contributed by atoms with Gasteiger partial charge in [0.15, 0.2) is 11.5 Å². The summed E-state index contributed by atoms with van der Waals surface area (Å²) in [7, 11) is 0. The van der Waals surface area contributed by atoms with E-state index in [0.717, 1.165) is 0 Å². The Bertz CT molecular complexity index is 396. The lowest BCUT2D eigenvalue weighted by molar-refractivity contribution is 0.276. The second-order valence-electron chi connectivity index (χ2n) is 2.99. The Labute approximate surface area is 99.9 Å². The highest BCUT2D eigenvalue weighted by molar-refractivity contribution is 6.32. The zero-order valence-corrected chi connectivity index (χ0v) is 9.75. The number of aliphatic hydroxyl groups is 1. The number of rotatable bonds is 5. The molecular formula is C12H13ClO3. The van der Waals surface area contributed by atoms with Crippen LogP contribution in [-0.4, -0.2) is 18.3 Å². The molecule has 1 N–H and O–H groups in total. The second kappa shape index (κ2) is 6.26. The molecule has 0 aromatic heterocycles. The molecule has 0 radical (unpaired) electrons. The third-order valence-electron chi connectivity index (χ3n) is 1.85.